The molecule has 1 aromatic carbocycles. The molecule has 0 aliphatic carbocycles. The van der Waals surface area contributed by atoms with Crippen LogP contribution in [0.4, 0.5) is 14.9 Å². The molecule has 0 aromatic heterocycles. The number of fused-ring (bicyclic) bond motifs is 4. The Morgan fingerprint density at radius 2 is 1.69 bits per heavy atom. The third-order valence-corrected chi connectivity index (χ3v) is 5.93. The average Bonchev–Trinajstić information content (AvgIpc) is 2.63. The summed E-state index contributed by atoms with van der Waals surface area (Å²) in [6, 6.07) is 3.59. The number of para-hydroxylation sites is 1. The van der Waals surface area contributed by atoms with E-state index in [0.717, 1.165) is 9.80 Å². The largest absolute Gasteiger partial charge is 0.362 e. The van der Waals surface area contributed by atoms with E-state index in [9.17, 15) is 18.8 Å². The second-order valence-electron chi connectivity index (χ2n) is 7.38. The molecule has 0 saturated carbocycles. The summed E-state index contributed by atoms with van der Waals surface area (Å²) in [4.78, 5) is 44.6. The maximum absolute atomic E-state index is 14.6. The van der Waals surface area contributed by atoms with E-state index < -0.39 is 29.3 Å². The fourth-order valence-electron chi connectivity index (χ4n) is 4.58. The Bertz CT molecular complexity index is 803. The van der Waals surface area contributed by atoms with Gasteiger partial charge < -0.3 is 9.80 Å². The molecule has 2 fully saturated rings. The molecule has 4 rings (SSSR count). The summed E-state index contributed by atoms with van der Waals surface area (Å²) in [6.07, 6.45) is 0.0920. The van der Waals surface area contributed by atoms with Crippen LogP contribution in [0.15, 0.2) is 18.2 Å². The molecule has 138 valence electrons. The highest BCUT2D eigenvalue weighted by molar-refractivity contribution is 6.20. The molecule has 2 saturated heterocycles. The van der Waals surface area contributed by atoms with Crippen molar-refractivity contribution >= 4 is 23.5 Å². The van der Waals surface area contributed by atoms with Gasteiger partial charge in [0.2, 0.25) is 11.8 Å². The fourth-order valence-corrected chi connectivity index (χ4v) is 4.58. The number of barbiturate groups is 1. The second kappa shape index (κ2) is 5.51. The molecule has 8 heteroatoms. The number of likely N-dealkylation sites (N-methyl/N-ethyl adjacent to an activating group) is 1. The number of amides is 4. The lowest BCUT2D eigenvalue weighted by Crippen LogP contribution is -2.74. The number of carbonyl (C=O) groups is 3. The van der Waals surface area contributed by atoms with E-state index in [1.807, 2.05) is 16.8 Å². The number of nitrogens with zero attached hydrogens (tertiary/aromatic N) is 4. The summed E-state index contributed by atoms with van der Waals surface area (Å²) < 4.78 is 14.6. The van der Waals surface area contributed by atoms with Gasteiger partial charge in [-0.05, 0) is 25.1 Å². The number of anilines is 1. The van der Waals surface area contributed by atoms with Crippen molar-refractivity contribution in [3.8, 4) is 0 Å². The van der Waals surface area contributed by atoms with E-state index in [4.69, 9.17) is 0 Å². The summed E-state index contributed by atoms with van der Waals surface area (Å²) >= 11 is 0. The molecule has 3 heterocycles. The molecule has 0 unspecified atom stereocenters. The van der Waals surface area contributed by atoms with Crippen LogP contribution in [-0.2, 0) is 16.0 Å². The Balaban J connectivity index is 1.94. The van der Waals surface area contributed by atoms with E-state index >= 15 is 0 Å². The number of carbonyl (C=O) groups excluding carboxylic acids is 3. The first-order valence-electron chi connectivity index (χ1n) is 8.62. The Hall–Kier alpha value is -2.48. The number of halogens is 1. The van der Waals surface area contributed by atoms with Gasteiger partial charge in [-0.15, -0.1) is 0 Å². The first-order chi connectivity index (χ1) is 12.3. The predicted molar refractivity (Wildman–Crippen MR) is 92.1 cm³/mol. The van der Waals surface area contributed by atoms with E-state index in [2.05, 4.69) is 0 Å². The van der Waals surface area contributed by atoms with E-state index in [-0.39, 0.29) is 12.2 Å². The highest BCUT2D eigenvalue weighted by Gasteiger charge is 2.63. The van der Waals surface area contributed by atoms with Gasteiger partial charge in [0, 0.05) is 33.7 Å². The highest BCUT2D eigenvalue weighted by Crippen LogP contribution is 2.47. The normalized spacial score (nSPS) is 25.6. The van der Waals surface area contributed by atoms with Crippen LogP contribution < -0.4 is 4.90 Å². The van der Waals surface area contributed by atoms with Gasteiger partial charge in [0.25, 0.3) is 0 Å². The summed E-state index contributed by atoms with van der Waals surface area (Å²) in [6.45, 7) is 1.66. The molecule has 0 radical (unpaired) electrons. The first kappa shape index (κ1) is 17.0. The van der Waals surface area contributed by atoms with Crippen molar-refractivity contribution < 1.29 is 18.8 Å². The maximum Gasteiger partial charge on any atom is 0.332 e. The fraction of sp³-hybridized carbons (Fsp3) is 0.500. The average molecular weight is 360 g/mol. The molecule has 0 bridgehead atoms. The summed E-state index contributed by atoms with van der Waals surface area (Å²) in [5.41, 5.74) is -0.324. The van der Waals surface area contributed by atoms with E-state index in [0.29, 0.717) is 30.9 Å². The molecule has 26 heavy (non-hydrogen) atoms. The Morgan fingerprint density at radius 3 is 2.35 bits per heavy atom. The van der Waals surface area contributed by atoms with E-state index in [1.54, 1.807) is 12.1 Å². The van der Waals surface area contributed by atoms with Gasteiger partial charge in [-0.3, -0.25) is 19.4 Å². The van der Waals surface area contributed by atoms with Crippen molar-refractivity contribution in [3.63, 3.8) is 0 Å². The Kier molecular flexibility index (Phi) is 3.59. The molecule has 1 aromatic rings. The van der Waals surface area contributed by atoms with Crippen LogP contribution in [0.5, 0.6) is 0 Å². The van der Waals surface area contributed by atoms with Gasteiger partial charge in [-0.1, -0.05) is 12.1 Å². The lowest BCUT2D eigenvalue weighted by Gasteiger charge is -2.55. The molecular formula is C18H21FN4O3. The zero-order chi connectivity index (χ0) is 18.8. The minimum atomic E-state index is -1.42. The molecule has 1 spiro atoms. The molecule has 4 amide bonds. The number of urea groups is 1. The van der Waals surface area contributed by atoms with Crippen LogP contribution in [0.25, 0.3) is 0 Å². The number of imide groups is 2. The first-order valence-corrected chi connectivity index (χ1v) is 8.62. The minimum absolute atomic E-state index is 0.0920. The lowest BCUT2D eigenvalue weighted by atomic mass is 9.67. The van der Waals surface area contributed by atoms with Crippen molar-refractivity contribution in [2.45, 2.75) is 12.5 Å². The topological polar surface area (TPSA) is 64.2 Å². The van der Waals surface area contributed by atoms with Crippen molar-refractivity contribution in [1.29, 1.82) is 0 Å². The van der Waals surface area contributed by atoms with Gasteiger partial charge in [0.05, 0.1) is 11.7 Å². The van der Waals surface area contributed by atoms with Gasteiger partial charge >= 0.3 is 6.03 Å². The smallest absolute Gasteiger partial charge is 0.332 e. The zero-order valence-corrected chi connectivity index (χ0v) is 15.0. The third kappa shape index (κ3) is 1.99. The van der Waals surface area contributed by atoms with E-state index in [1.165, 1.54) is 20.2 Å². The third-order valence-electron chi connectivity index (χ3n) is 5.93. The Labute approximate surface area is 150 Å². The molecule has 3 aliphatic heterocycles. The number of rotatable bonds is 0. The van der Waals surface area contributed by atoms with Gasteiger partial charge in [-0.25, -0.2) is 9.18 Å². The number of hydrogen-bond acceptors (Lipinski definition) is 5. The van der Waals surface area contributed by atoms with Crippen LogP contribution in [-0.4, -0.2) is 79.4 Å². The summed E-state index contributed by atoms with van der Waals surface area (Å²) in [7, 11) is 4.71. The molecule has 1 atom stereocenters. The van der Waals surface area contributed by atoms with Crippen LogP contribution in [0.2, 0.25) is 0 Å². The standard InChI is InChI=1S/C18H21FN4O3/c1-20-7-8-23-13(10-20)18(9-11-5-4-6-12(19)14(11)23)15(24)21(2)17(26)22(3)16(18)25/h4-6,13H,7-10H2,1-3H3/t13-/m1/s1. The number of piperazine rings is 1. The minimum Gasteiger partial charge on any atom is -0.362 e. The second-order valence-corrected chi connectivity index (χ2v) is 7.38. The predicted octanol–water partition coefficient (Wildman–Crippen LogP) is 0.539. The van der Waals surface area contributed by atoms with Crippen LogP contribution in [0.3, 0.4) is 0 Å². The molecule has 3 aliphatic rings. The van der Waals surface area contributed by atoms with Crippen molar-refractivity contribution in [2.24, 2.45) is 5.41 Å². The highest BCUT2D eigenvalue weighted by atomic mass is 19.1. The monoisotopic (exact) mass is 360 g/mol. The SMILES string of the molecule is CN1CCN2c3c(F)cccc3CC3(C(=O)N(C)C(=O)N(C)C3=O)[C@H]2C1. The van der Waals surface area contributed by atoms with Crippen LogP contribution in [0, 0.1) is 11.2 Å². The Morgan fingerprint density at radius 1 is 1.04 bits per heavy atom. The molecular weight excluding hydrogens is 339 g/mol. The zero-order valence-electron chi connectivity index (χ0n) is 15.0. The summed E-state index contributed by atoms with van der Waals surface area (Å²) in [5, 5.41) is 0. The lowest BCUT2D eigenvalue weighted by molar-refractivity contribution is -0.160. The van der Waals surface area contributed by atoms with Gasteiger partial charge in [-0.2, -0.15) is 0 Å². The molecule has 0 N–H and O–H groups in total. The number of hydrogen-bond donors (Lipinski definition) is 0. The van der Waals surface area contributed by atoms with Crippen LogP contribution in [0.1, 0.15) is 5.56 Å². The number of benzene rings is 1. The maximum atomic E-state index is 14.6. The van der Waals surface area contributed by atoms with Crippen LogP contribution >= 0.6 is 0 Å². The van der Waals surface area contributed by atoms with Gasteiger partial charge in [0.1, 0.15) is 5.82 Å². The van der Waals surface area contributed by atoms with Crippen molar-refractivity contribution in [3.05, 3.63) is 29.6 Å². The van der Waals surface area contributed by atoms with Crippen molar-refractivity contribution in [2.75, 3.05) is 45.7 Å². The molecule has 7 nitrogen and oxygen atoms in total. The summed E-state index contributed by atoms with van der Waals surface area (Å²) in [5.74, 6) is -1.36. The van der Waals surface area contributed by atoms with Crippen molar-refractivity contribution in [1.82, 2.24) is 14.7 Å². The quantitative estimate of drug-likeness (QED) is 0.632. The van der Waals surface area contributed by atoms with Gasteiger partial charge in [0.15, 0.2) is 5.41 Å².